The maximum Gasteiger partial charge on any atom is 0.275 e. The van der Waals surface area contributed by atoms with Crippen LogP contribution in [0.25, 0.3) is 45.0 Å². The first-order valence-electron chi connectivity index (χ1n) is 16.6. The van der Waals surface area contributed by atoms with Crippen LogP contribution in [0.2, 0.25) is 0 Å². The second kappa shape index (κ2) is 14.8. The van der Waals surface area contributed by atoms with Crippen LogP contribution in [0.4, 0.5) is 8.78 Å². The summed E-state index contributed by atoms with van der Waals surface area (Å²) in [5.74, 6) is -0.758. The summed E-state index contributed by atoms with van der Waals surface area (Å²) in [5.41, 5.74) is 3.73. The fraction of sp³-hybridized carbons (Fsp3) is 0.278. The number of halogens is 2. The molecule has 0 radical (unpaired) electrons. The number of aromatic nitrogens is 8. The van der Waals surface area contributed by atoms with Crippen molar-refractivity contribution in [3.8, 4) is 45.0 Å². The summed E-state index contributed by atoms with van der Waals surface area (Å²) in [6, 6.07) is 14.9. The molecule has 18 heteroatoms. The van der Waals surface area contributed by atoms with Gasteiger partial charge in [-0.3, -0.25) is 19.0 Å². The highest BCUT2D eigenvalue weighted by atomic mass is 32.2. The molecule has 0 amide bonds. The topological polar surface area (TPSA) is 158 Å². The number of ether oxygens (including phenoxy) is 2. The van der Waals surface area contributed by atoms with Gasteiger partial charge in [-0.15, -0.1) is 0 Å². The van der Waals surface area contributed by atoms with Crippen LogP contribution < -0.4 is 11.1 Å². The van der Waals surface area contributed by atoms with Crippen molar-refractivity contribution in [2.24, 2.45) is 0 Å². The molecule has 6 aromatic rings. The monoisotopic (exact) mass is 776 g/mol. The normalized spacial score (nSPS) is 16.2. The molecule has 14 nitrogen and oxygen atoms in total. The molecule has 2 aliphatic rings. The molecular weight excluding hydrogens is 743 g/mol. The molecule has 2 aromatic carbocycles. The molecule has 2 aliphatic heterocycles. The first-order valence-corrected chi connectivity index (χ1v) is 19.7. The van der Waals surface area contributed by atoms with Gasteiger partial charge in [-0.2, -0.15) is 0 Å². The van der Waals surface area contributed by atoms with Gasteiger partial charge >= 0.3 is 0 Å². The fourth-order valence-corrected chi connectivity index (χ4v) is 7.48. The molecule has 280 valence electrons. The summed E-state index contributed by atoms with van der Waals surface area (Å²) in [6.45, 7) is 1.79. The Morgan fingerprint density at radius 2 is 1.09 bits per heavy atom. The molecule has 4 aromatic heterocycles. The maximum absolute atomic E-state index is 13.4. The van der Waals surface area contributed by atoms with Gasteiger partial charge in [0.05, 0.1) is 72.3 Å². The average Bonchev–Trinajstić information content (AvgIpc) is 3.92. The predicted octanol–water partition coefficient (Wildman–Crippen LogP) is 4.01. The highest BCUT2D eigenvalue weighted by molar-refractivity contribution is 7.98. The van der Waals surface area contributed by atoms with E-state index in [-0.39, 0.29) is 34.3 Å². The second-order valence-electron chi connectivity index (χ2n) is 12.5. The number of rotatable bonds is 8. The van der Waals surface area contributed by atoms with Gasteiger partial charge in [0, 0.05) is 32.9 Å². The number of methoxy groups -OCH3 is 2. The van der Waals surface area contributed by atoms with Crippen LogP contribution >= 0.6 is 11.8 Å². The number of benzene rings is 2. The summed E-state index contributed by atoms with van der Waals surface area (Å²) in [7, 11) is -0.427. The van der Waals surface area contributed by atoms with Crippen molar-refractivity contribution in [2.75, 3.05) is 26.7 Å². The molecule has 2 unspecified atom stereocenters. The maximum atomic E-state index is 13.4. The van der Waals surface area contributed by atoms with Crippen molar-refractivity contribution in [3.63, 3.8) is 0 Å². The summed E-state index contributed by atoms with van der Waals surface area (Å²) >= 11 is 1.44. The lowest BCUT2D eigenvalue weighted by Gasteiger charge is -2.10. The van der Waals surface area contributed by atoms with Crippen molar-refractivity contribution >= 4 is 21.6 Å². The third-order valence-electron chi connectivity index (χ3n) is 9.17. The van der Waals surface area contributed by atoms with E-state index in [0.29, 0.717) is 76.4 Å². The minimum Gasteiger partial charge on any atom is -0.378 e. The third kappa shape index (κ3) is 6.92. The van der Waals surface area contributed by atoms with E-state index in [1.165, 1.54) is 59.0 Å². The Kier molecular flexibility index (Phi) is 10.2. The van der Waals surface area contributed by atoms with Crippen LogP contribution in [-0.4, -0.2) is 86.0 Å². The first kappa shape index (κ1) is 37.0. The van der Waals surface area contributed by atoms with Crippen LogP contribution in [0, 0.1) is 11.6 Å². The van der Waals surface area contributed by atoms with E-state index in [0.717, 1.165) is 6.26 Å². The highest BCUT2D eigenvalue weighted by Gasteiger charge is 2.32. The van der Waals surface area contributed by atoms with E-state index in [1.807, 2.05) is 10.9 Å². The number of nitrogens with zero attached hydrogens (tertiary/aromatic N) is 8. The highest BCUT2D eigenvalue weighted by Crippen LogP contribution is 2.34. The minimum absolute atomic E-state index is 0.0643. The van der Waals surface area contributed by atoms with Gasteiger partial charge in [-0.1, -0.05) is 36.0 Å². The molecule has 6 heterocycles. The Bertz CT molecular complexity index is 2590. The fourth-order valence-electron chi connectivity index (χ4n) is 6.60. The summed E-state index contributed by atoms with van der Waals surface area (Å²) in [6.07, 6.45) is 5.68. The molecule has 0 saturated carbocycles. The zero-order valence-electron chi connectivity index (χ0n) is 29.5. The molecule has 0 N–H and O–H groups in total. The number of sulfone groups is 1. The quantitative estimate of drug-likeness (QED) is 0.163. The SMILES string of the molecule is COC1Cn2c(-c3ccnc(S(C)(=O)=O)n3)c(-c3ccc(F)cc3)c(=O)n2C1.COC1Cn2c(-c3ccnc(SC)n3)c(-c3ccc(F)cc3)c(=O)n2C1. The van der Waals surface area contributed by atoms with Gasteiger partial charge in [-0.25, -0.2) is 46.5 Å². The van der Waals surface area contributed by atoms with Gasteiger partial charge in [0.25, 0.3) is 11.1 Å². The summed E-state index contributed by atoms with van der Waals surface area (Å²) in [4.78, 5) is 43.0. The lowest BCUT2D eigenvalue weighted by molar-refractivity contribution is 0.0993. The van der Waals surface area contributed by atoms with Crippen LogP contribution in [0.3, 0.4) is 0 Å². The smallest absolute Gasteiger partial charge is 0.275 e. The Morgan fingerprint density at radius 3 is 1.52 bits per heavy atom. The van der Waals surface area contributed by atoms with Crippen molar-refractivity contribution in [3.05, 3.63) is 105 Å². The number of hydrogen-bond donors (Lipinski definition) is 0. The molecule has 54 heavy (non-hydrogen) atoms. The van der Waals surface area contributed by atoms with Gasteiger partial charge in [-0.05, 0) is 53.8 Å². The van der Waals surface area contributed by atoms with E-state index in [9.17, 15) is 26.8 Å². The summed E-state index contributed by atoms with van der Waals surface area (Å²) in [5, 5.41) is 0.297. The second-order valence-corrected chi connectivity index (χ2v) is 15.2. The molecule has 0 fully saturated rings. The van der Waals surface area contributed by atoms with E-state index < -0.39 is 15.7 Å². The van der Waals surface area contributed by atoms with Crippen LogP contribution in [0.15, 0.2) is 93.0 Å². The Hall–Kier alpha value is -5.30. The average molecular weight is 777 g/mol. The zero-order chi connectivity index (χ0) is 38.3. The molecule has 8 rings (SSSR count). The van der Waals surface area contributed by atoms with Crippen molar-refractivity contribution < 1.29 is 26.7 Å². The number of hydrogen-bond acceptors (Lipinski definition) is 11. The predicted molar refractivity (Wildman–Crippen MR) is 197 cm³/mol. The van der Waals surface area contributed by atoms with E-state index in [1.54, 1.807) is 54.0 Å². The van der Waals surface area contributed by atoms with E-state index in [4.69, 9.17) is 9.47 Å². The van der Waals surface area contributed by atoms with Gasteiger partial charge in [0.2, 0.25) is 15.0 Å². The Morgan fingerprint density at radius 1 is 0.667 bits per heavy atom. The molecule has 0 saturated heterocycles. The Labute approximate surface area is 312 Å². The summed E-state index contributed by atoms with van der Waals surface area (Å²) < 4.78 is 68.2. The van der Waals surface area contributed by atoms with Crippen molar-refractivity contribution in [1.82, 2.24) is 38.7 Å². The van der Waals surface area contributed by atoms with Crippen molar-refractivity contribution in [1.29, 1.82) is 0 Å². The van der Waals surface area contributed by atoms with E-state index in [2.05, 4.69) is 19.9 Å². The van der Waals surface area contributed by atoms with Crippen molar-refractivity contribution in [2.45, 2.75) is 48.7 Å². The largest absolute Gasteiger partial charge is 0.378 e. The lowest BCUT2D eigenvalue weighted by Crippen LogP contribution is -2.20. The van der Waals surface area contributed by atoms with E-state index >= 15 is 0 Å². The standard InChI is InChI=1S/C18H17FN4O4S.C18H17FN4O2S/c1-27-13-9-22-16(14-7-8-20-18(21-14)28(2,25)26)15(17(24)23(22)10-13)11-3-5-12(19)6-4-11;1-25-13-9-22-16(14-7-8-20-18(21-14)26-2)15(17(24)23(22)10-13)11-3-5-12(19)6-4-11/h3-8,13H,9-10H2,1-2H3;3-8,13H,9-10H2,1-2H3. The van der Waals surface area contributed by atoms with Gasteiger partial charge in [0.15, 0.2) is 5.16 Å². The lowest BCUT2D eigenvalue weighted by atomic mass is 10.0. The molecule has 0 spiro atoms. The number of fused-ring (bicyclic) bond motifs is 2. The van der Waals surface area contributed by atoms with Crippen LogP contribution in [0.5, 0.6) is 0 Å². The van der Waals surface area contributed by atoms with Crippen LogP contribution in [0.1, 0.15) is 0 Å². The number of thioether (sulfide) groups is 1. The first-order chi connectivity index (χ1) is 25.9. The zero-order valence-corrected chi connectivity index (χ0v) is 31.1. The molecule has 0 bridgehead atoms. The van der Waals surface area contributed by atoms with Gasteiger partial charge in [0.1, 0.15) is 11.6 Å². The third-order valence-corrected chi connectivity index (χ3v) is 10.6. The van der Waals surface area contributed by atoms with Gasteiger partial charge < -0.3 is 9.47 Å². The molecule has 2 atom stereocenters. The molecule has 0 aliphatic carbocycles. The Balaban J connectivity index is 0.000000167. The minimum atomic E-state index is -3.63. The van der Waals surface area contributed by atoms with Crippen LogP contribution in [-0.2, 0) is 45.5 Å². The molecular formula is C36H34F2N8O6S2.